The van der Waals surface area contributed by atoms with Gasteiger partial charge in [0.25, 0.3) is 5.56 Å². The number of nitrogens with zero attached hydrogens (tertiary/aromatic N) is 2. The molecule has 0 atom stereocenters. The van der Waals surface area contributed by atoms with E-state index in [1.165, 1.54) is 13.4 Å². The van der Waals surface area contributed by atoms with Crippen LogP contribution in [0.4, 0.5) is 0 Å². The average molecular weight is 293 g/mol. The van der Waals surface area contributed by atoms with Crippen molar-refractivity contribution in [3.05, 3.63) is 28.0 Å². The first kappa shape index (κ1) is 14.8. The molecule has 0 aliphatic rings. The number of amides is 1. The average Bonchev–Trinajstić information content (AvgIpc) is 2.79. The minimum Gasteiger partial charge on any atom is -0.462 e. The van der Waals surface area contributed by atoms with Gasteiger partial charge >= 0.3 is 5.97 Å². The smallest absolute Gasteiger partial charge is 0.342 e. The van der Waals surface area contributed by atoms with E-state index in [-0.39, 0.29) is 41.5 Å². The second-order valence-electron chi connectivity index (χ2n) is 4.28. The number of furan rings is 1. The zero-order valence-corrected chi connectivity index (χ0v) is 11.9. The number of ether oxygens (including phenoxy) is 1. The molecule has 0 fully saturated rings. The number of hydrogen-bond donors (Lipinski definition) is 1. The summed E-state index contributed by atoms with van der Waals surface area (Å²) in [6, 6.07) is 0. The third-order valence-corrected chi connectivity index (χ3v) is 2.93. The highest BCUT2D eigenvalue weighted by atomic mass is 16.5. The van der Waals surface area contributed by atoms with Crippen LogP contribution in [0.1, 0.15) is 23.0 Å². The summed E-state index contributed by atoms with van der Waals surface area (Å²) in [4.78, 5) is 39.7. The lowest BCUT2D eigenvalue weighted by Gasteiger charge is -2.04. The van der Waals surface area contributed by atoms with Crippen LogP contribution in [0.5, 0.6) is 0 Å². The zero-order chi connectivity index (χ0) is 15.6. The molecule has 2 heterocycles. The van der Waals surface area contributed by atoms with E-state index in [0.717, 1.165) is 4.57 Å². The van der Waals surface area contributed by atoms with Crippen molar-refractivity contribution in [1.82, 2.24) is 14.9 Å². The molecule has 0 unspecified atom stereocenters. The molecule has 0 aliphatic carbocycles. The van der Waals surface area contributed by atoms with E-state index in [1.54, 1.807) is 13.8 Å². The molecule has 0 saturated heterocycles. The third kappa shape index (κ3) is 2.64. The molecule has 0 bridgehead atoms. The van der Waals surface area contributed by atoms with Gasteiger partial charge in [0.1, 0.15) is 29.6 Å². The summed E-state index contributed by atoms with van der Waals surface area (Å²) in [5.41, 5.74) is -0.423. The number of aromatic nitrogens is 2. The van der Waals surface area contributed by atoms with E-state index >= 15 is 0 Å². The molecule has 8 nitrogen and oxygen atoms in total. The fourth-order valence-corrected chi connectivity index (χ4v) is 1.93. The lowest BCUT2D eigenvalue weighted by atomic mass is 10.2. The maximum atomic E-state index is 12.4. The Hall–Kier alpha value is -2.64. The van der Waals surface area contributed by atoms with E-state index < -0.39 is 11.5 Å². The van der Waals surface area contributed by atoms with Crippen molar-refractivity contribution >= 4 is 23.0 Å². The van der Waals surface area contributed by atoms with Crippen molar-refractivity contribution in [3.8, 4) is 0 Å². The molecule has 1 N–H and O–H groups in total. The van der Waals surface area contributed by atoms with E-state index in [2.05, 4.69) is 10.3 Å². The SMILES string of the molecule is CCOC(=O)c1c(C)oc2ncn(CC(=O)NC)c(=O)c12. The summed E-state index contributed by atoms with van der Waals surface area (Å²) in [7, 11) is 1.46. The van der Waals surface area contributed by atoms with Gasteiger partial charge in [-0.15, -0.1) is 0 Å². The van der Waals surface area contributed by atoms with Crippen LogP contribution in [0.15, 0.2) is 15.5 Å². The second kappa shape index (κ2) is 5.78. The number of aryl methyl sites for hydroxylation is 1. The van der Waals surface area contributed by atoms with Gasteiger partial charge in [0.05, 0.1) is 6.61 Å². The molecule has 2 aromatic rings. The van der Waals surface area contributed by atoms with Crippen molar-refractivity contribution in [2.24, 2.45) is 0 Å². The van der Waals surface area contributed by atoms with E-state index in [0.29, 0.717) is 0 Å². The van der Waals surface area contributed by atoms with Crippen LogP contribution in [0.2, 0.25) is 0 Å². The van der Waals surface area contributed by atoms with Crippen molar-refractivity contribution in [3.63, 3.8) is 0 Å². The van der Waals surface area contributed by atoms with Gasteiger partial charge in [-0.3, -0.25) is 14.2 Å². The van der Waals surface area contributed by atoms with Gasteiger partial charge in [0.2, 0.25) is 11.6 Å². The Labute approximate surface area is 119 Å². The lowest BCUT2D eigenvalue weighted by Crippen LogP contribution is -2.30. The number of rotatable bonds is 4. The van der Waals surface area contributed by atoms with Crippen molar-refractivity contribution in [2.75, 3.05) is 13.7 Å². The quantitative estimate of drug-likeness (QED) is 0.809. The molecular formula is C13H15N3O5. The molecule has 2 rings (SSSR count). The maximum Gasteiger partial charge on any atom is 0.342 e. The van der Waals surface area contributed by atoms with E-state index in [9.17, 15) is 14.4 Å². The van der Waals surface area contributed by atoms with Gasteiger partial charge in [-0.1, -0.05) is 0 Å². The molecule has 8 heteroatoms. The fraction of sp³-hybridized carbons (Fsp3) is 0.385. The fourth-order valence-electron chi connectivity index (χ4n) is 1.93. The minimum absolute atomic E-state index is 0.0253. The summed E-state index contributed by atoms with van der Waals surface area (Å²) >= 11 is 0. The maximum absolute atomic E-state index is 12.4. The van der Waals surface area contributed by atoms with Crippen molar-refractivity contribution < 1.29 is 18.7 Å². The molecule has 0 spiro atoms. The molecular weight excluding hydrogens is 278 g/mol. The number of carbonyl (C=O) groups excluding carboxylic acids is 2. The molecule has 1 amide bonds. The first-order valence-corrected chi connectivity index (χ1v) is 6.35. The number of carbonyl (C=O) groups is 2. The summed E-state index contributed by atoms with van der Waals surface area (Å²) in [5.74, 6) is -0.743. The zero-order valence-electron chi connectivity index (χ0n) is 11.9. The molecule has 0 saturated carbocycles. The van der Waals surface area contributed by atoms with E-state index in [4.69, 9.17) is 9.15 Å². The summed E-state index contributed by atoms with van der Waals surface area (Å²) in [6.45, 7) is 3.20. The monoisotopic (exact) mass is 293 g/mol. The predicted octanol–water partition coefficient (Wildman–Crippen LogP) is 0.221. The standard InChI is InChI=1S/C13H15N3O5/c1-4-20-13(19)9-7(2)21-11-10(9)12(18)16(6-15-11)5-8(17)14-3/h6H,4-5H2,1-3H3,(H,14,17). The number of hydrogen-bond acceptors (Lipinski definition) is 6. The van der Waals surface area contributed by atoms with Crippen LogP contribution in [-0.4, -0.2) is 35.1 Å². The van der Waals surface area contributed by atoms with Gasteiger partial charge in [-0.05, 0) is 13.8 Å². The second-order valence-corrected chi connectivity index (χ2v) is 4.28. The highest BCUT2D eigenvalue weighted by Gasteiger charge is 2.24. The summed E-state index contributed by atoms with van der Waals surface area (Å²) in [5, 5.41) is 2.44. The van der Waals surface area contributed by atoms with Gasteiger partial charge < -0.3 is 14.5 Å². The third-order valence-electron chi connectivity index (χ3n) is 2.93. The molecule has 2 aromatic heterocycles. The minimum atomic E-state index is -0.648. The molecule has 21 heavy (non-hydrogen) atoms. The Morgan fingerprint density at radius 2 is 2.19 bits per heavy atom. The number of esters is 1. The lowest BCUT2D eigenvalue weighted by molar-refractivity contribution is -0.121. The van der Waals surface area contributed by atoms with E-state index in [1.807, 2.05) is 0 Å². The Balaban J connectivity index is 2.62. The highest BCUT2D eigenvalue weighted by Crippen LogP contribution is 2.21. The number of likely N-dealkylation sites (N-methyl/N-ethyl adjacent to an activating group) is 1. The Kier molecular flexibility index (Phi) is 4.06. The summed E-state index contributed by atoms with van der Waals surface area (Å²) < 4.78 is 11.3. The van der Waals surface area contributed by atoms with Crippen LogP contribution in [0.25, 0.3) is 11.1 Å². The largest absolute Gasteiger partial charge is 0.462 e. The van der Waals surface area contributed by atoms with Gasteiger partial charge in [0, 0.05) is 7.05 Å². The summed E-state index contributed by atoms with van der Waals surface area (Å²) in [6.07, 6.45) is 1.21. The van der Waals surface area contributed by atoms with Crippen LogP contribution < -0.4 is 10.9 Å². The van der Waals surface area contributed by atoms with Crippen LogP contribution >= 0.6 is 0 Å². The van der Waals surface area contributed by atoms with Gasteiger partial charge in [-0.2, -0.15) is 0 Å². The first-order chi connectivity index (χ1) is 9.99. The number of nitrogens with one attached hydrogen (secondary N) is 1. The topological polar surface area (TPSA) is 103 Å². The van der Waals surface area contributed by atoms with Gasteiger partial charge in [-0.25, -0.2) is 9.78 Å². The highest BCUT2D eigenvalue weighted by molar-refractivity contribution is 6.03. The Bertz CT molecular complexity index is 759. The molecule has 0 aliphatic heterocycles. The number of fused-ring (bicyclic) bond motifs is 1. The molecule has 0 radical (unpaired) electrons. The van der Waals surface area contributed by atoms with Crippen LogP contribution in [-0.2, 0) is 16.1 Å². The van der Waals surface area contributed by atoms with Crippen LogP contribution in [0, 0.1) is 6.92 Å². The van der Waals surface area contributed by atoms with Crippen LogP contribution in [0.3, 0.4) is 0 Å². The first-order valence-electron chi connectivity index (χ1n) is 6.35. The van der Waals surface area contributed by atoms with Crippen molar-refractivity contribution in [2.45, 2.75) is 20.4 Å². The van der Waals surface area contributed by atoms with Gasteiger partial charge in [0.15, 0.2) is 0 Å². The molecule has 0 aromatic carbocycles. The Morgan fingerprint density at radius 3 is 2.81 bits per heavy atom. The predicted molar refractivity (Wildman–Crippen MR) is 73.0 cm³/mol. The Morgan fingerprint density at radius 1 is 1.48 bits per heavy atom. The normalized spacial score (nSPS) is 10.6. The van der Waals surface area contributed by atoms with Crippen molar-refractivity contribution in [1.29, 1.82) is 0 Å². The molecule has 112 valence electrons.